The maximum atomic E-state index is 12.6. The third-order valence-corrected chi connectivity index (χ3v) is 5.11. The Labute approximate surface area is 203 Å². The van der Waals surface area contributed by atoms with Crippen LogP contribution in [0, 0.1) is 0 Å². The smallest absolute Gasteiger partial charge is 0.312 e. The van der Waals surface area contributed by atoms with Gasteiger partial charge in [0.05, 0.1) is 0 Å². The van der Waals surface area contributed by atoms with Gasteiger partial charge in [0.15, 0.2) is 0 Å². The molecular formula is C24H30N6O5. The molecule has 0 aliphatic carbocycles. The molecule has 0 heterocycles. The second-order valence-electron chi connectivity index (χ2n) is 7.70. The van der Waals surface area contributed by atoms with Crippen molar-refractivity contribution in [2.24, 2.45) is 5.73 Å². The van der Waals surface area contributed by atoms with E-state index >= 15 is 0 Å². The van der Waals surface area contributed by atoms with Crippen molar-refractivity contribution < 1.29 is 24.0 Å². The highest BCUT2D eigenvalue weighted by atomic mass is 16.2. The van der Waals surface area contributed by atoms with Gasteiger partial charge in [0.1, 0.15) is 12.1 Å². The van der Waals surface area contributed by atoms with Crippen molar-refractivity contribution in [3.8, 4) is 0 Å². The van der Waals surface area contributed by atoms with Gasteiger partial charge in [-0.25, -0.2) is 4.79 Å². The average Bonchev–Trinajstić information content (AvgIpc) is 2.85. The highest BCUT2D eigenvalue weighted by Crippen LogP contribution is 2.11. The fourth-order valence-corrected chi connectivity index (χ4v) is 3.30. The highest BCUT2D eigenvalue weighted by molar-refractivity contribution is 5.95. The third-order valence-electron chi connectivity index (χ3n) is 5.11. The van der Waals surface area contributed by atoms with Gasteiger partial charge in [0, 0.05) is 25.2 Å². The molecule has 7 N–H and O–H groups in total. The number of hydrogen-bond donors (Lipinski definition) is 6. The second-order valence-corrected chi connectivity index (χ2v) is 7.70. The van der Waals surface area contributed by atoms with E-state index in [1.165, 1.54) is 0 Å². The Kier molecular flexibility index (Phi) is 11.3. The highest BCUT2D eigenvalue weighted by Gasteiger charge is 2.19. The topological polar surface area (TPSA) is 172 Å². The largest absolute Gasteiger partial charge is 0.352 e. The lowest BCUT2D eigenvalue weighted by Gasteiger charge is -2.17. The molecule has 0 spiro atoms. The van der Waals surface area contributed by atoms with Crippen LogP contribution >= 0.6 is 0 Å². The lowest BCUT2D eigenvalue weighted by atomic mass is 10.1. The zero-order chi connectivity index (χ0) is 25.5. The van der Waals surface area contributed by atoms with Crippen LogP contribution in [0.15, 0.2) is 54.6 Å². The number of amides is 6. The van der Waals surface area contributed by atoms with Gasteiger partial charge in [-0.15, -0.1) is 0 Å². The predicted octanol–water partition coefficient (Wildman–Crippen LogP) is 0.162. The summed E-state index contributed by atoms with van der Waals surface area (Å²) in [4.78, 5) is 57.5. The zero-order valence-electron chi connectivity index (χ0n) is 19.2. The summed E-state index contributed by atoms with van der Waals surface area (Å²) >= 11 is 0. The van der Waals surface area contributed by atoms with Gasteiger partial charge in [-0.05, 0) is 36.1 Å². The van der Waals surface area contributed by atoms with E-state index in [9.17, 15) is 24.0 Å². The summed E-state index contributed by atoms with van der Waals surface area (Å²) in [5.41, 5.74) is 7.23. The molecule has 0 aliphatic heterocycles. The molecule has 0 aliphatic rings. The van der Waals surface area contributed by atoms with Crippen molar-refractivity contribution >= 4 is 36.4 Å². The molecular weight excluding hydrogens is 452 g/mol. The molecule has 11 nitrogen and oxygen atoms in total. The number of primary amides is 1. The normalized spacial score (nSPS) is 11.9. The lowest BCUT2D eigenvalue weighted by molar-refractivity contribution is -0.125. The summed E-state index contributed by atoms with van der Waals surface area (Å²) in [6.45, 7) is 0.524. The molecule has 2 unspecified atom stereocenters. The number of carbonyl (C=O) groups is 5. The van der Waals surface area contributed by atoms with E-state index in [0.29, 0.717) is 37.8 Å². The van der Waals surface area contributed by atoms with Crippen molar-refractivity contribution in [1.29, 1.82) is 0 Å². The molecule has 6 amide bonds. The van der Waals surface area contributed by atoms with Crippen LogP contribution in [0.25, 0.3) is 0 Å². The number of hydrogen-bond acceptors (Lipinski definition) is 5. The van der Waals surface area contributed by atoms with E-state index in [0.717, 1.165) is 11.1 Å². The summed E-state index contributed by atoms with van der Waals surface area (Å²) in [6, 6.07) is 14.1. The molecule has 35 heavy (non-hydrogen) atoms. The number of carbonyl (C=O) groups excluding carboxylic acids is 5. The molecule has 2 atom stereocenters. The molecule has 186 valence electrons. The number of anilines is 1. The fourth-order valence-electron chi connectivity index (χ4n) is 3.30. The molecule has 0 fully saturated rings. The Morgan fingerprint density at radius 3 is 2.09 bits per heavy atom. The fraction of sp³-hybridized carbons (Fsp3) is 0.292. The van der Waals surface area contributed by atoms with Crippen LogP contribution < -0.4 is 32.3 Å². The quantitative estimate of drug-likeness (QED) is 0.157. The van der Waals surface area contributed by atoms with Gasteiger partial charge in [-0.1, -0.05) is 42.5 Å². The van der Waals surface area contributed by atoms with Crippen LogP contribution in [0.3, 0.4) is 0 Å². The van der Waals surface area contributed by atoms with Crippen LogP contribution in [0.2, 0.25) is 0 Å². The van der Waals surface area contributed by atoms with Crippen molar-refractivity contribution in [3.05, 3.63) is 65.7 Å². The Morgan fingerprint density at radius 2 is 1.46 bits per heavy atom. The molecule has 0 saturated heterocycles. The summed E-state index contributed by atoms with van der Waals surface area (Å²) in [5.74, 6) is -0.715. The number of urea groups is 1. The maximum absolute atomic E-state index is 12.6. The first-order valence-corrected chi connectivity index (χ1v) is 11.1. The minimum Gasteiger partial charge on any atom is -0.352 e. The minimum absolute atomic E-state index is 0.237. The summed E-state index contributed by atoms with van der Waals surface area (Å²) in [6.07, 6.45) is 2.08. The molecule has 2 aromatic carbocycles. The van der Waals surface area contributed by atoms with Gasteiger partial charge in [0.2, 0.25) is 24.6 Å². The van der Waals surface area contributed by atoms with E-state index < -0.39 is 24.0 Å². The number of nitrogens with one attached hydrogen (secondary N) is 5. The van der Waals surface area contributed by atoms with Gasteiger partial charge in [0.25, 0.3) is 0 Å². The molecule has 0 saturated carbocycles. The van der Waals surface area contributed by atoms with Crippen molar-refractivity contribution in [2.75, 3.05) is 11.9 Å². The number of nitrogens with two attached hydrogens (primary N) is 1. The molecule has 2 rings (SSSR count). The first-order valence-electron chi connectivity index (χ1n) is 11.1. The van der Waals surface area contributed by atoms with Crippen molar-refractivity contribution in [2.45, 2.75) is 37.9 Å². The Hall–Kier alpha value is -4.41. The molecule has 0 bridgehead atoms. The molecule has 0 radical (unpaired) electrons. The van der Waals surface area contributed by atoms with E-state index in [4.69, 9.17) is 5.73 Å². The third kappa shape index (κ3) is 9.95. The Morgan fingerprint density at radius 1 is 0.800 bits per heavy atom. The minimum atomic E-state index is -0.770. The first kappa shape index (κ1) is 26.8. The van der Waals surface area contributed by atoms with Gasteiger partial charge in [-0.2, -0.15) is 0 Å². The summed E-state index contributed by atoms with van der Waals surface area (Å²) in [5, 5.41) is 12.9. The number of rotatable bonds is 15. The molecule has 0 aromatic heterocycles. The van der Waals surface area contributed by atoms with Crippen LogP contribution in [0.1, 0.15) is 24.0 Å². The Balaban J connectivity index is 1.86. The molecule has 2 aromatic rings. The van der Waals surface area contributed by atoms with Gasteiger partial charge >= 0.3 is 6.03 Å². The van der Waals surface area contributed by atoms with Gasteiger partial charge < -0.3 is 32.3 Å². The number of benzene rings is 2. The van der Waals surface area contributed by atoms with E-state index in [-0.39, 0.29) is 19.0 Å². The van der Waals surface area contributed by atoms with Crippen LogP contribution in [-0.2, 0) is 32.1 Å². The summed E-state index contributed by atoms with van der Waals surface area (Å²) in [7, 11) is 0. The predicted molar refractivity (Wildman–Crippen MR) is 130 cm³/mol. The molecule has 11 heteroatoms. The second kappa shape index (κ2) is 14.7. The van der Waals surface area contributed by atoms with E-state index in [1.807, 2.05) is 30.3 Å². The lowest BCUT2D eigenvalue weighted by Crippen LogP contribution is -2.44. The van der Waals surface area contributed by atoms with Crippen LogP contribution in [0.4, 0.5) is 10.5 Å². The summed E-state index contributed by atoms with van der Waals surface area (Å²) < 4.78 is 0. The first-order chi connectivity index (χ1) is 16.9. The maximum Gasteiger partial charge on any atom is 0.312 e. The SMILES string of the molecule is NC(=O)NCCCC(NC=O)C(=O)Nc1ccc(CNC(=O)C(Cc2ccccc2)NC=O)cc1. The zero-order valence-corrected chi connectivity index (χ0v) is 19.2. The van der Waals surface area contributed by atoms with Gasteiger partial charge in [-0.3, -0.25) is 19.2 Å². The monoisotopic (exact) mass is 482 g/mol. The van der Waals surface area contributed by atoms with Crippen LogP contribution in [-0.4, -0.2) is 49.3 Å². The van der Waals surface area contributed by atoms with Crippen molar-refractivity contribution in [1.82, 2.24) is 21.3 Å². The standard InChI is InChI=1S/C24H30N6O5/c25-24(35)26-12-4-7-20(28-15-31)23(34)30-19-10-8-18(9-11-19)14-27-22(33)21(29-16-32)13-17-5-2-1-3-6-17/h1-3,5-6,8-11,15-16,20-21H,4,7,12-14H2,(H,27,33)(H,28,31)(H,29,32)(H,30,34)(H3,25,26,35). The van der Waals surface area contributed by atoms with E-state index in [2.05, 4.69) is 26.6 Å². The van der Waals surface area contributed by atoms with Crippen LogP contribution in [0.5, 0.6) is 0 Å². The van der Waals surface area contributed by atoms with Crippen molar-refractivity contribution in [3.63, 3.8) is 0 Å². The van der Waals surface area contributed by atoms with E-state index in [1.54, 1.807) is 24.3 Å². The Bertz CT molecular complexity index is 984. The average molecular weight is 483 g/mol.